The Kier molecular flexibility index (Phi) is 2.49. The van der Waals surface area contributed by atoms with E-state index < -0.39 is 11.9 Å². The molecule has 1 aliphatic rings. The molecular formula is C15H15NO3. The Morgan fingerprint density at radius 3 is 2.79 bits per heavy atom. The number of aliphatic carboxylic acids is 1. The molecule has 0 saturated carbocycles. The number of rotatable bonds is 1. The van der Waals surface area contributed by atoms with Gasteiger partial charge >= 0.3 is 5.97 Å². The molecule has 1 N–H and O–H groups in total. The lowest BCUT2D eigenvalue weighted by Crippen LogP contribution is -2.27. The minimum Gasteiger partial charge on any atom is -0.481 e. The van der Waals surface area contributed by atoms with Crippen molar-refractivity contribution in [1.82, 2.24) is 4.57 Å². The van der Waals surface area contributed by atoms with Gasteiger partial charge < -0.3 is 9.67 Å². The van der Waals surface area contributed by atoms with Crippen LogP contribution < -0.4 is 0 Å². The number of nitrogens with zero attached hydrogens (tertiary/aromatic N) is 1. The molecule has 0 radical (unpaired) electrons. The van der Waals surface area contributed by atoms with Gasteiger partial charge in [-0.2, -0.15) is 0 Å². The van der Waals surface area contributed by atoms with Gasteiger partial charge in [0.1, 0.15) is 0 Å². The zero-order chi connectivity index (χ0) is 13.7. The second-order valence-electron chi connectivity index (χ2n) is 5.22. The molecule has 4 nitrogen and oxygen atoms in total. The standard InChI is InChI=1S/C15H15NO3/c1-8-4-3-5-10-13-11(16(2)14(8)10)6-9(15(18)19)7-12(13)17/h3-5,9H,6-7H2,1-2H3,(H,18,19). The molecule has 2 aromatic rings. The molecular weight excluding hydrogens is 242 g/mol. The highest BCUT2D eigenvalue weighted by Crippen LogP contribution is 2.34. The van der Waals surface area contributed by atoms with Gasteiger partial charge in [-0.1, -0.05) is 18.2 Å². The van der Waals surface area contributed by atoms with Gasteiger partial charge in [0.05, 0.1) is 11.4 Å². The molecule has 0 spiro atoms. The second-order valence-corrected chi connectivity index (χ2v) is 5.22. The van der Waals surface area contributed by atoms with Crippen molar-refractivity contribution in [2.75, 3.05) is 0 Å². The van der Waals surface area contributed by atoms with Crippen LogP contribution in [0.5, 0.6) is 0 Å². The molecule has 0 saturated heterocycles. The predicted molar refractivity (Wildman–Crippen MR) is 71.4 cm³/mol. The first-order chi connectivity index (χ1) is 9.00. The molecule has 0 aliphatic heterocycles. The Hall–Kier alpha value is -2.10. The number of aromatic nitrogens is 1. The van der Waals surface area contributed by atoms with E-state index in [1.165, 1.54) is 0 Å². The molecule has 1 atom stereocenters. The number of carbonyl (C=O) groups excluding carboxylic acids is 1. The van der Waals surface area contributed by atoms with Gasteiger partial charge in [0.2, 0.25) is 0 Å². The third-order valence-corrected chi connectivity index (χ3v) is 4.04. The van der Waals surface area contributed by atoms with Crippen molar-refractivity contribution in [2.24, 2.45) is 13.0 Å². The van der Waals surface area contributed by atoms with Crippen molar-refractivity contribution >= 4 is 22.7 Å². The first-order valence-electron chi connectivity index (χ1n) is 6.33. The lowest BCUT2D eigenvalue weighted by atomic mass is 9.86. The zero-order valence-electron chi connectivity index (χ0n) is 10.9. The Bertz CT molecular complexity index is 712. The Morgan fingerprint density at radius 1 is 1.37 bits per heavy atom. The SMILES string of the molecule is Cc1cccc2c3c(n(C)c12)CC(C(=O)O)CC3=O. The number of carboxylic acid groups (broad SMARTS) is 1. The van der Waals surface area contributed by atoms with Crippen molar-refractivity contribution in [1.29, 1.82) is 0 Å². The topological polar surface area (TPSA) is 59.3 Å². The van der Waals surface area contributed by atoms with Crippen molar-refractivity contribution in [2.45, 2.75) is 19.8 Å². The van der Waals surface area contributed by atoms with Crippen LogP contribution in [-0.4, -0.2) is 21.4 Å². The van der Waals surface area contributed by atoms with E-state index in [0.717, 1.165) is 27.7 Å². The van der Waals surface area contributed by atoms with Gasteiger partial charge in [0, 0.05) is 36.5 Å². The Balaban J connectivity index is 2.31. The lowest BCUT2D eigenvalue weighted by molar-refractivity contribution is -0.141. The van der Waals surface area contributed by atoms with Crippen LogP contribution >= 0.6 is 0 Å². The average molecular weight is 257 g/mol. The predicted octanol–water partition coefficient (Wildman–Crippen LogP) is 2.32. The molecule has 1 aliphatic carbocycles. The highest BCUT2D eigenvalue weighted by molar-refractivity contribution is 6.11. The summed E-state index contributed by atoms with van der Waals surface area (Å²) in [5, 5.41) is 10.1. The normalized spacial score (nSPS) is 18.6. The Labute approximate surface area is 110 Å². The molecule has 4 heteroatoms. The van der Waals surface area contributed by atoms with Crippen LogP contribution in [0.4, 0.5) is 0 Å². The smallest absolute Gasteiger partial charge is 0.307 e. The molecule has 0 fully saturated rings. The molecule has 0 bridgehead atoms. The largest absolute Gasteiger partial charge is 0.481 e. The van der Waals surface area contributed by atoms with E-state index in [1.807, 2.05) is 36.7 Å². The molecule has 0 amide bonds. The van der Waals surface area contributed by atoms with E-state index in [-0.39, 0.29) is 12.2 Å². The first kappa shape index (κ1) is 12.0. The van der Waals surface area contributed by atoms with Crippen molar-refractivity contribution in [3.8, 4) is 0 Å². The van der Waals surface area contributed by atoms with Crippen LogP contribution in [0.3, 0.4) is 0 Å². The number of benzene rings is 1. The van der Waals surface area contributed by atoms with Gasteiger partial charge in [-0.3, -0.25) is 9.59 Å². The number of hydrogen-bond acceptors (Lipinski definition) is 2. The number of aryl methyl sites for hydroxylation is 2. The van der Waals surface area contributed by atoms with Crippen LogP contribution in [0.15, 0.2) is 18.2 Å². The summed E-state index contributed by atoms with van der Waals surface area (Å²) in [4.78, 5) is 23.4. The number of hydrogen-bond donors (Lipinski definition) is 1. The highest BCUT2D eigenvalue weighted by Gasteiger charge is 2.33. The molecule has 1 unspecified atom stereocenters. The van der Waals surface area contributed by atoms with Gasteiger partial charge in [0.15, 0.2) is 5.78 Å². The summed E-state index contributed by atoms with van der Waals surface area (Å²) < 4.78 is 1.98. The maximum atomic E-state index is 12.3. The van der Waals surface area contributed by atoms with E-state index in [9.17, 15) is 9.59 Å². The van der Waals surface area contributed by atoms with Gasteiger partial charge in [-0.25, -0.2) is 0 Å². The van der Waals surface area contributed by atoms with E-state index in [4.69, 9.17) is 5.11 Å². The summed E-state index contributed by atoms with van der Waals surface area (Å²) in [6, 6.07) is 5.89. The van der Waals surface area contributed by atoms with Crippen LogP contribution in [0.2, 0.25) is 0 Å². The minimum atomic E-state index is -0.888. The third-order valence-electron chi connectivity index (χ3n) is 4.04. The number of para-hydroxylation sites is 1. The fraction of sp³-hybridized carbons (Fsp3) is 0.333. The maximum absolute atomic E-state index is 12.3. The van der Waals surface area contributed by atoms with Crippen LogP contribution in [-0.2, 0) is 18.3 Å². The summed E-state index contributed by atoms with van der Waals surface area (Å²) in [6.45, 7) is 2.01. The van der Waals surface area contributed by atoms with E-state index >= 15 is 0 Å². The summed E-state index contributed by atoms with van der Waals surface area (Å²) in [5.41, 5.74) is 3.72. The number of carboxylic acids is 1. The third kappa shape index (κ3) is 1.59. The second kappa shape index (κ2) is 3.95. The quantitative estimate of drug-likeness (QED) is 0.852. The van der Waals surface area contributed by atoms with Crippen molar-refractivity contribution in [3.05, 3.63) is 35.0 Å². The molecule has 98 valence electrons. The molecule has 19 heavy (non-hydrogen) atoms. The van der Waals surface area contributed by atoms with Crippen molar-refractivity contribution < 1.29 is 14.7 Å². The molecule has 1 aromatic heterocycles. The number of fused-ring (bicyclic) bond motifs is 3. The molecule has 1 aromatic carbocycles. The number of Topliss-reactive ketones (excluding diaryl/α,β-unsaturated/α-hetero) is 1. The molecule has 1 heterocycles. The maximum Gasteiger partial charge on any atom is 0.307 e. The van der Waals surface area contributed by atoms with Crippen molar-refractivity contribution in [3.63, 3.8) is 0 Å². The van der Waals surface area contributed by atoms with Gasteiger partial charge in [0.25, 0.3) is 0 Å². The monoisotopic (exact) mass is 257 g/mol. The average Bonchev–Trinajstić information content (AvgIpc) is 2.65. The van der Waals surface area contributed by atoms with Gasteiger partial charge in [-0.05, 0) is 12.5 Å². The van der Waals surface area contributed by atoms with Crippen LogP contribution in [0.1, 0.15) is 28.0 Å². The lowest BCUT2D eigenvalue weighted by Gasteiger charge is -2.19. The summed E-state index contributed by atoms with van der Waals surface area (Å²) in [5.74, 6) is -1.53. The van der Waals surface area contributed by atoms with E-state index in [1.54, 1.807) is 0 Å². The number of ketones is 1. The molecule has 3 rings (SSSR count). The summed E-state index contributed by atoms with van der Waals surface area (Å²) in [7, 11) is 1.91. The van der Waals surface area contributed by atoms with Crippen LogP contribution in [0.25, 0.3) is 10.9 Å². The highest BCUT2D eigenvalue weighted by atomic mass is 16.4. The van der Waals surface area contributed by atoms with Crippen LogP contribution in [0, 0.1) is 12.8 Å². The minimum absolute atomic E-state index is 0.0511. The first-order valence-corrected chi connectivity index (χ1v) is 6.33. The van der Waals surface area contributed by atoms with Gasteiger partial charge in [-0.15, -0.1) is 0 Å². The van der Waals surface area contributed by atoms with E-state index in [0.29, 0.717) is 6.42 Å². The Morgan fingerprint density at radius 2 is 2.11 bits per heavy atom. The fourth-order valence-electron chi connectivity index (χ4n) is 3.12. The van der Waals surface area contributed by atoms with E-state index in [2.05, 4.69) is 0 Å². The zero-order valence-corrected chi connectivity index (χ0v) is 10.9. The summed E-state index contributed by atoms with van der Waals surface area (Å²) >= 11 is 0. The number of carbonyl (C=O) groups is 2. The summed E-state index contributed by atoms with van der Waals surface area (Å²) in [6.07, 6.45) is 0.538. The fourth-order valence-corrected chi connectivity index (χ4v) is 3.12.